The number of nitrogens with zero attached hydrogens (tertiary/aromatic N) is 2. The van der Waals surface area contributed by atoms with Crippen molar-refractivity contribution in [2.75, 3.05) is 13.1 Å². The van der Waals surface area contributed by atoms with Gasteiger partial charge in [0.2, 0.25) is 0 Å². The average molecular weight is 201 g/mol. The van der Waals surface area contributed by atoms with Crippen molar-refractivity contribution in [1.82, 2.24) is 14.9 Å². The molecule has 0 aliphatic carbocycles. The van der Waals surface area contributed by atoms with E-state index in [2.05, 4.69) is 26.7 Å². The number of hydrogen-bond donors (Lipinski definition) is 1. The van der Waals surface area contributed by atoms with Gasteiger partial charge < -0.3 is 4.98 Å². The molecule has 1 N–H and O–H groups in total. The van der Waals surface area contributed by atoms with Gasteiger partial charge in [-0.25, -0.2) is 4.98 Å². The molecule has 0 unspecified atom stereocenters. The van der Waals surface area contributed by atoms with Crippen molar-refractivity contribution in [2.24, 2.45) is 0 Å². The Labute approximate surface area is 89.9 Å². The van der Waals surface area contributed by atoms with Gasteiger partial charge in [0.05, 0.1) is 18.1 Å². The Morgan fingerprint density at radius 2 is 2.13 bits per heavy atom. The van der Waals surface area contributed by atoms with E-state index in [0.717, 1.165) is 5.69 Å². The maximum absolute atomic E-state index is 3.98. The summed E-state index contributed by atoms with van der Waals surface area (Å²) in [5, 5.41) is 0. The van der Waals surface area contributed by atoms with Gasteiger partial charge in [0.15, 0.2) is 0 Å². The van der Waals surface area contributed by atoms with Gasteiger partial charge in [-0.05, 0) is 44.7 Å². The fourth-order valence-corrected chi connectivity index (χ4v) is 2.82. The van der Waals surface area contributed by atoms with Gasteiger partial charge in [-0.1, -0.05) is 5.92 Å². The first kappa shape index (κ1) is 8.99. The Kier molecular flexibility index (Phi) is 2.03. The molecular formula is C12H15N3. The standard InChI is InChI=1S/C12H15N3/c1-4-12(5-2-8-15(12)7-1)6-3-11-9-13-10-14-11/h9-10H,1-2,4-5,7-8H2,(H,13,14). The first-order valence-electron chi connectivity index (χ1n) is 5.66. The summed E-state index contributed by atoms with van der Waals surface area (Å²) >= 11 is 0. The molecule has 0 radical (unpaired) electrons. The summed E-state index contributed by atoms with van der Waals surface area (Å²) < 4.78 is 0. The van der Waals surface area contributed by atoms with E-state index in [9.17, 15) is 0 Å². The van der Waals surface area contributed by atoms with Crippen LogP contribution in [0.25, 0.3) is 0 Å². The molecule has 0 bridgehead atoms. The van der Waals surface area contributed by atoms with Gasteiger partial charge in [0.25, 0.3) is 0 Å². The van der Waals surface area contributed by atoms with Crippen LogP contribution in [-0.4, -0.2) is 33.5 Å². The van der Waals surface area contributed by atoms with Crippen LogP contribution in [0.15, 0.2) is 12.5 Å². The highest BCUT2D eigenvalue weighted by Crippen LogP contribution is 2.38. The van der Waals surface area contributed by atoms with E-state index in [1.54, 1.807) is 12.5 Å². The Bertz CT molecular complexity index is 386. The SMILES string of the molecule is C(#CC12CCCN1CCC2)c1cnc[nH]1. The minimum Gasteiger partial charge on any atom is -0.338 e. The average Bonchev–Trinajstić information content (AvgIpc) is 2.91. The number of rotatable bonds is 0. The predicted molar refractivity (Wildman–Crippen MR) is 58.2 cm³/mol. The monoisotopic (exact) mass is 201 g/mol. The lowest BCUT2D eigenvalue weighted by molar-refractivity contribution is 0.261. The zero-order valence-electron chi connectivity index (χ0n) is 8.79. The third-order valence-electron chi connectivity index (χ3n) is 3.57. The molecular weight excluding hydrogens is 186 g/mol. The predicted octanol–water partition coefficient (Wildman–Crippen LogP) is 1.39. The molecule has 2 fully saturated rings. The number of nitrogens with one attached hydrogen (secondary N) is 1. The van der Waals surface area contributed by atoms with E-state index in [0.29, 0.717) is 0 Å². The lowest BCUT2D eigenvalue weighted by atomic mass is 9.95. The Morgan fingerprint density at radius 3 is 2.80 bits per heavy atom. The smallest absolute Gasteiger partial charge is 0.109 e. The molecule has 2 saturated heterocycles. The number of fused-ring (bicyclic) bond motifs is 1. The van der Waals surface area contributed by atoms with Crippen molar-refractivity contribution in [3.05, 3.63) is 18.2 Å². The molecule has 3 heterocycles. The zero-order valence-corrected chi connectivity index (χ0v) is 8.79. The van der Waals surface area contributed by atoms with Gasteiger partial charge in [-0.15, -0.1) is 0 Å². The molecule has 0 atom stereocenters. The van der Waals surface area contributed by atoms with Gasteiger partial charge >= 0.3 is 0 Å². The summed E-state index contributed by atoms with van der Waals surface area (Å²) in [6, 6.07) is 0. The van der Waals surface area contributed by atoms with Crippen molar-refractivity contribution >= 4 is 0 Å². The largest absolute Gasteiger partial charge is 0.338 e. The van der Waals surface area contributed by atoms with Crippen LogP contribution in [-0.2, 0) is 0 Å². The molecule has 3 nitrogen and oxygen atoms in total. The fraction of sp³-hybridized carbons (Fsp3) is 0.583. The Hall–Kier alpha value is -1.27. The third kappa shape index (κ3) is 1.46. The first-order chi connectivity index (χ1) is 7.39. The minimum atomic E-state index is 0.200. The molecule has 15 heavy (non-hydrogen) atoms. The highest BCUT2D eigenvalue weighted by atomic mass is 15.2. The maximum atomic E-state index is 3.98. The molecule has 2 aliphatic heterocycles. The lowest BCUT2D eigenvalue weighted by Gasteiger charge is -2.25. The van der Waals surface area contributed by atoms with Gasteiger partial charge in [-0.2, -0.15) is 0 Å². The van der Waals surface area contributed by atoms with Crippen LogP contribution in [0.3, 0.4) is 0 Å². The quantitative estimate of drug-likeness (QED) is 0.643. The molecule has 0 spiro atoms. The van der Waals surface area contributed by atoms with E-state index >= 15 is 0 Å². The first-order valence-corrected chi connectivity index (χ1v) is 5.66. The summed E-state index contributed by atoms with van der Waals surface area (Å²) in [4.78, 5) is 9.57. The summed E-state index contributed by atoms with van der Waals surface area (Å²) in [7, 11) is 0. The van der Waals surface area contributed by atoms with E-state index in [1.165, 1.54) is 38.8 Å². The normalized spacial score (nSPS) is 23.5. The van der Waals surface area contributed by atoms with E-state index in [-0.39, 0.29) is 5.54 Å². The van der Waals surface area contributed by atoms with E-state index in [4.69, 9.17) is 0 Å². The minimum absolute atomic E-state index is 0.200. The molecule has 1 aromatic rings. The maximum Gasteiger partial charge on any atom is 0.109 e. The Balaban J connectivity index is 1.87. The summed E-state index contributed by atoms with van der Waals surface area (Å²) in [6.07, 6.45) is 8.57. The highest BCUT2D eigenvalue weighted by Gasteiger charge is 2.42. The molecule has 3 rings (SSSR count). The molecule has 0 saturated carbocycles. The summed E-state index contributed by atoms with van der Waals surface area (Å²) in [5.74, 6) is 6.68. The number of imidazole rings is 1. The molecule has 3 heteroatoms. The molecule has 0 amide bonds. The van der Waals surface area contributed by atoms with Crippen LogP contribution in [0.5, 0.6) is 0 Å². The van der Waals surface area contributed by atoms with Crippen molar-refractivity contribution < 1.29 is 0 Å². The van der Waals surface area contributed by atoms with E-state index in [1.807, 2.05) is 0 Å². The number of aromatic nitrogens is 2. The van der Waals surface area contributed by atoms with Crippen molar-refractivity contribution in [1.29, 1.82) is 0 Å². The van der Waals surface area contributed by atoms with Crippen LogP contribution in [0.1, 0.15) is 31.4 Å². The topological polar surface area (TPSA) is 31.9 Å². The van der Waals surface area contributed by atoms with Crippen molar-refractivity contribution in [3.8, 4) is 11.8 Å². The molecule has 78 valence electrons. The van der Waals surface area contributed by atoms with Crippen molar-refractivity contribution in [3.63, 3.8) is 0 Å². The van der Waals surface area contributed by atoms with Crippen LogP contribution in [0.4, 0.5) is 0 Å². The number of aromatic amines is 1. The molecule has 2 aliphatic rings. The number of H-pyrrole nitrogens is 1. The van der Waals surface area contributed by atoms with Crippen LogP contribution < -0.4 is 0 Å². The third-order valence-corrected chi connectivity index (χ3v) is 3.57. The second kappa shape index (κ2) is 3.39. The summed E-state index contributed by atoms with van der Waals surface area (Å²) in [6.45, 7) is 2.47. The second-order valence-corrected chi connectivity index (χ2v) is 4.44. The van der Waals surface area contributed by atoms with Gasteiger partial charge in [0, 0.05) is 0 Å². The summed E-state index contributed by atoms with van der Waals surface area (Å²) in [5.41, 5.74) is 1.13. The zero-order chi connectivity index (χ0) is 10.1. The number of hydrogen-bond acceptors (Lipinski definition) is 2. The lowest BCUT2D eigenvalue weighted by Crippen LogP contribution is -2.36. The Morgan fingerprint density at radius 1 is 1.33 bits per heavy atom. The van der Waals surface area contributed by atoms with Crippen LogP contribution >= 0.6 is 0 Å². The van der Waals surface area contributed by atoms with Crippen molar-refractivity contribution in [2.45, 2.75) is 31.2 Å². The highest BCUT2D eigenvalue weighted by molar-refractivity contribution is 5.32. The molecule has 1 aromatic heterocycles. The fourth-order valence-electron chi connectivity index (χ4n) is 2.82. The van der Waals surface area contributed by atoms with Gasteiger partial charge in [0.1, 0.15) is 5.69 Å². The van der Waals surface area contributed by atoms with E-state index < -0.39 is 0 Å². The van der Waals surface area contributed by atoms with Crippen LogP contribution in [0.2, 0.25) is 0 Å². The van der Waals surface area contributed by atoms with Crippen LogP contribution in [0, 0.1) is 11.8 Å². The second-order valence-electron chi connectivity index (χ2n) is 4.44. The molecule has 0 aromatic carbocycles. The van der Waals surface area contributed by atoms with Gasteiger partial charge in [-0.3, -0.25) is 4.90 Å².